The van der Waals surface area contributed by atoms with E-state index in [0.717, 1.165) is 22.2 Å². The summed E-state index contributed by atoms with van der Waals surface area (Å²) in [6, 6.07) is 16.6. The van der Waals surface area contributed by atoms with Gasteiger partial charge in [0.1, 0.15) is 28.6 Å². The fourth-order valence-electron chi connectivity index (χ4n) is 3.55. The molecular formula is C25H26N4O4. The van der Waals surface area contributed by atoms with E-state index < -0.39 is 6.10 Å². The van der Waals surface area contributed by atoms with E-state index in [0.29, 0.717) is 28.9 Å². The van der Waals surface area contributed by atoms with Gasteiger partial charge in [-0.05, 0) is 62.7 Å². The summed E-state index contributed by atoms with van der Waals surface area (Å²) in [4.78, 5) is 17.6. The molecule has 4 aromatic rings. The number of ether oxygens (including phenoxy) is 3. The average Bonchev–Trinajstić information content (AvgIpc) is 3.18. The van der Waals surface area contributed by atoms with Crippen LogP contribution in [0.4, 0.5) is 5.82 Å². The number of carbonyl (C=O) groups excluding carboxylic acids is 1. The number of hydrogen-bond acceptors (Lipinski definition) is 6. The first-order valence-electron chi connectivity index (χ1n) is 10.5. The summed E-state index contributed by atoms with van der Waals surface area (Å²) in [5.41, 5.74) is 2.50. The molecule has 2 aromatic heterocycles. The zero-order chi connectivity index (χ0) is 23.5. The maximum Gasteiger partial charge on any atom is 0.266 e. The van der Waals surface area contributed by atoms with E-state index in [1.54, 1.807) is 56.2 Å². The van der Waals surface area contributed by atoms with Gasteiger partial charge in [-0.15, -0.1) is 0 Å². The zero-order valence-corrected chi connectivity index (χ0v) is 19.2. The minimum Gasteiger partial charge on any atom is -0.497 e. The van der Waals surface area contributed by atoms with Crippen molar-refractivity contribution in [1.82, 2.24) is 14.8 Å². The Labute approximate surface area is 192 Å². The van der Waals surface area contributed by atoms with Crippen LogP contribution in [0.3, 0.4) is 0 Å². The molecule has 4 rings (SSSR count). The highest BCUT2D eigenvalue weighted by atomic mass is 16.5. The van der Waals surface area contributed by atoms with Gasteiger partial charge in [0.15, 0.2) is 11.9 Å². The van der Waals surface area contributed by atoms with Crippen LogP contribution in [0.15, 0.2) is 54.6 Å². The quantitative estimate of drug-likeness (QED) is 0.451. The van der Waals surface area contributed by atoms with Crippen LogP contribution in [0, 0.1) is 13.8 Å². The third kappa shape index (κ3) is 4.59. The summed E-state index contributed by atoms with van der Waals surface area (Å²) in [7, 11) is 3.21. The third-order valence-corrected chi connectivity index (χ3v) is 5.26. The normalized spacial score (nSPS) is 11.8. The summed E-state index contributed by atoms with van der Waals surface area (Å²) in [5.74, 6) is 2.74. The predicted molar refractivity (Wildman–Crippen MR) is 127 cm³/mol. The number of hydrogen-bond donors (Lipinski definition) is 1. The van der Waals surface area contributed by atoms with E-state index in [4.69, 9.17) is 19.2 Å². The second-order valence-corrected chi connectivity index (χ2v) is 7.66. The average molecular weight is 447 g/mol. The standard InChI is InChI=1S/C25H26N4O4/c1-15-13-22(26-24-20(15)7-6-8-21(24)32-5)29-23(14-16(2)28-29)27-25(30)17(3)33-19-11-9-18(31-4)10-12-19/h6-14,17H,1-5H3,(H,27,30). The van der Waals surface area contributed by atoms with Gasteiger partial charge < -0.3 is 19.5 Å². The molecule has 0 saturated carbocycles. The van der Waals surface area contributed by atoms with Crippen LogP contribution in [-0.4, -0.2) is 41.0 Å². The maximum absolute atomic E-state index is 12.9. The molecule has 0 fully saturated rings. The Morgan fingerprint density at radius 3 is 2.42 bits per heavy atom. The Kier molecular flexibility index (Phi) is 6.17. The molecule has 1 atom stereocenters. The lowest BCUT2D eigenvalue weighted by molar-refractivity contribution is -0.122. The monoisotopic (exact) mass is 446 g/mol. The summed E-state index contributed by atoms with van der Waals surface area (Å²) >= 11 is 0. The number of pyridine rings is 1. The Bertz CT molecular complexity index is 1300. The summed E-state index contributed by atoms with van der Waals surface area (Å²) in [6.07, 6.45) is -0.728. The molecule has 1 N–H and O–H groups in total. The van der Waals surface area contributed by atoms with Crippen LogP contribution in [0.2, 0.25) is 0 Å². The SMILES string of the molecule is COc1ccc(OC(C)C(=O)Nc2cc(C)nn2-c2cc(C)c3cccc(OC)c3n2)cc1. The fourth-order valence-corrected chi connectivity index (χ4v) is 3.55. The van der Waals surface area contributed by atoms with Crippen LogP contribution < -0.4 is 19.5 Å². The molecule has 1 amide bonds. The number of fused-ring (bicyclic) bond motifs is 1. The summed E-state index contributed by atoms with van der Waals surface area (Å²) in [6.45, 7) is 5.56. The number of nitrogens with zero attached hydrogens (tertiary/aromatic N) is 3. The smallest absolute Gasteiger partial charge is 0.266 e. The topological polar surface area (TPSA) is 87.5 Å². The van der Waals surface area contributed by atoms with Crippen molar-refractivity contribution in [2.75, 3.05) is 19.5 Å². The fraction of sp³-hybridized carbons (Fsp3) is 0.240. The number of para-hydroxylation sites is 1. The number of amides is 1. The second kappa shape index (κ2) is 9.20. The lowest BCUT2D eigenvalue weighted by Gasteiger charge is -2.16. The summed E-state index contributed by atoms with van der Waals surface area (Å²) in [5, 5.41) is 8.45. The first-order chi connectivity index (χ1) is 15.9. The van der Waals surface area contributed by atoms with Gasteiger partial charge >= 0.3 is 0 Å². The van der Waals surface area contributed by atoms with Crippen molar-refractivity contribution in [3.63, 3.8) is 0 Å². The predicted octanol–water partition coefficient (Wildman–Crippen LogP) is 4.46. The lowest BCUT2D eigenvalue weighted by Crippen LogP contribution is -2.31. The molecular weight excluding hydrogens is 420 g/mol. The van der Waals surface area contributed by atoms with Gasteiger partial charge in [0.2, 0.25) is 0 Å². The van der Waals surface area contributed by atoms with Gasteiger partial charge in [-0.3, -0.25) is 4.79 Å². The van der Waals surface area contributed by atoms with Gasteiger partial charge in [-0.25, -0.2) is 4.98 Å². The molecule has 2 aromatic carbocycles. The van der Waals surface area contributed by atoms with Crippen LogP contribution in [0.25, 0.3) is 16.7 Å². The van der Waals surface area contributed by atoms with E-state index in [1.165, 1.54) is 0 Å². The molecule has 8 heteroatoms. The Hall–Kier alpha value is -4.07. The molecule has 0 radical (unpaired) electrons. The number of rotatable bonds is 7. The van der Waals surface area contributed by atoms with Crippen LogP contribution in [0.1, 0.15) is 18.2 Å². The highest BCUT2D eigenvalue weighted by Crippen LogP contribution is 2.28. The number of benzene rings is 2. The largest absolute Gasteiger partial charge is 0.497 e. The van der Waals surface area contributed by atoms with Crippen molar-refractivity contribution < 1.29 is 19.0 Å². The van der Waals surface area contributed by atoms with Crippen molar-refractivity contribution in [2.24, 2.45) is 0 Å². The molecule has 170 valence electrons. The van der Waals surface area contributed by atoms with E-state index in [-0.39, 0.29) is 5.91 Å². The molecule has 0 spiro atoms. The van der Waals surface area contributed by atoms with Gasteiger partial charge in [0.05, 0.1) is 19.9 Å². The molecule has 0 aliphatic heterocycles. The number of aryl methyl sites for hydroxylation is 2. The van der Waals surface area contributed by atoms with Crippen LogP contribution in [-0.2, 0) is 4.79 Å². The molecule has 0 aliphatic carbocycles. The summed E-state index contributed by atoms with van der Waals surface area (Å²) < 4.78 is 18.0. The van der Waals surface area contributed by atoms with Crippen molar-refractivity contribution in [2.45, 2.75) is 26.9 Å². The molecule has 2 heterocycles. The highest BCUT2D eigenvalue weighted by molar-refractivity contribution is 5.94. The number of anilines is 1. The molecule has 0 bridgehead atoms. The second-order valence-electron chi connectivity index (χ2n) is 7.66. The number of methoxy groups -OCH3 is 2. The number of aromatic nitrogens is 3. The maximum atomic E-state index is 12.9. The van der Waals surface area contributed by atoms with E-state index in [9.17, 15) is 4.79 Å². The Balaban J connectivity index is 1.60. The first kappa shape index (κ1) is 22.1. The van der Waals surface area contributed by atoms with Gasteiger partial charge in [0.25, 0.3) is 5.91 Å². The Morgan fingerprint density at radius 2 is 1.73 bits per heavy atom. The van der Waals surface area contributed by atoms with Crippen molar-refractivity contribution in [3.05, 3.63) is 65.9 Å². The molecule has 0 saturated heterocycles. The van der Waals surface area contributed by atoms with Crippen molar-refractivity contribution in [1.29, 1.82) is 0 Å². The van der Waals surface area contributed by atoms with Crippen LogP contribution >= 0.6 is 0 Å². The van der Waals surface area contributed by atoms with Crippen molar-refractivity contribution in [3.8, 4) is 23.1 Å². The molecule has 0 aliphatic rings. The minimum absolute atomic E-state index is 0.304. The van der Waals surface area contributed by atoms with E-state index in [2.05, 4.69) is 10.4 Å². The molecule has 1 unspecified atom stereocenters. The molecule has 33 heavy (non-hydrogen) atoms. The Morgan fingerprint density at radius 1 is 1.00 bits per heavy atom. The number of carbonyl (C=O) groups is 1. The van der Waals surface area contributed by atoms with E-state index in [1.807, 2.05) is 38.1 Å². The van der Waals surface area contributed by atoms with Gasteiger partial charge in [0, 0.05) is 11.5 Å². The van der Waals surface area contributed by atoms with Crippen molar-refractivity contribution >= 4 is 22.6 Å². The minimum atomic E-state index is -0.728. The first-order valence-corrected chi connectivity index (χ1v) is 10.5. The highest BCUT2D eigenvalue weighted by Gasteiger charge is 2.19. The lowest BCUT2D eigenvalue weighted by atomic mass is 10.1. The zero-order valence-electron chi connectivity index (χ0n) is 19.2. The number of nitrogens with one attached hydrogen (secondary N) is 1. The molecule has 8 nitrogen and oxygen atoms in total. The van der Waals surface area contributed by atoms with Gasteiger partial charge in [-0.1, -0.05) is 12.1 Å². The van der Waals surface area contributed by atoms with Crippen LogP contribution in [0.5, 0.6) is 17.2 Å². The third-order valence-electron chi connectivity index (χ3n) is 5.26. The van der Waals surface area contributed by atoms with E-state index >= 15 is 0 Å². The van der Waals surface area contributed by atoms with Gasteiger partial charge in [-0.2, -0.15) is 9.78 Å².